The van der Waals surface area contributed by atoms with Crippen molar-refractivity contribution in [3.8, 4) is 0 Å². The summed E-state index contributed by atoms with van der Waals surface area (Å²) in [7, 11) is 0. The highest BCUT2D eigenvalue weighted by Crippen LogP contribution is 2.29. The summed E-state index contributed by atoms with van der Waals surface area (Å²) in [4.78, 5) is 0. The molecule has 16 heavy (non-hydrogen) atoms. The standard InChI is InChI=1S/C14H23NO/c1-4-11-5-7-12(8-6-11)13(9-10-16)14(2,3)15/h5-8,13,16H,4,9-10,15H2,1-3H3. The van der Waals surface area contributed by atoms with E-state index in [0.29, 0.717) is 0 Å². The normalized spacial score (nSPS) is 13.8. The van der Waals surface area contributed by atoms with Gasteiger partial charge < -0.3 is 10.8 Å². The summed E-state index contributed by atoms with van der Waals surface area (Å²) in [6, 6.07) is 8.55. The molecule has 0 aromatic heterocycles. The van der Waals surface area contributed by atoms with E-state index in [2.05, 4.69) is 31.2 Å². The van der Waals surface area contributed by atoms with Gasteiger partial charge in [0.25, 0.3) is 0 Å². The molecule has 0 saturated heterocycles. The quantitative estimate of drug-likeness (QED) is 0.802. The topological polar surface area (TPSA) is 46.2 Å². The number of benzene rings is 1. The number of aliphatic hydroxyl groups excluding tert-OH is 1. The van der Waals surface area contributed by atoms with Crippen LogP contribution in [0.1, 0.15) is 44.2 Å². The molecule has 3 N–H and O–H groups in total. The van der Waals surface area contributed by atoms with Crippen LogP contribution in [0.2, 0.25) is 0 Å². The predicted molar refractivity (Wildman–Crippen MR) is 68.5 cm³/mol. The Kier molecular flexibility index (Phi) is 4.51. The van der Waals surface area contributed by atoms with Gasteiger partial charge in [0.15, 0.2) is 0 Å². The third-order valence-corrected chi connectivity index (χ3v) is 3.11. The van der Waals surface area contributed by atoms with Crippen LogP contribution in [-0.4, -0.2) is 17.3 Å². The molecule has 1 aromatic rings. The summed E-state index contributed by atoms with van der Waals surface area (Å²) in [5.74, 6) is 0.211. The minimum absolute atomic E-state index is 0.181. The molecule has 2 nitrogen and oxygen atoms in total. The summed E-state index contributed by atoms with van der Waals surface area (Å²) < 4.78 is 0. The van der Waals surface area contributed by atoms with Gasteiger partial charge in [0, 0.05) is 18.1 Å². The van der Waals surface area contributed by atoms with E-state index < -0.39 is 0 Å². The van der Waals surface area contributed by atoms with Crippen molar-refractivity contribution in [2.75, 3.05) is 6.61 Å². The van der Waals surface area contributed by atoms with Gasteiger partial charge in [-0.3, -0.25) is 0 Å². The molecular formula is C14H23NO. The number of rotatable bonds is 5. The fraction of sp³-hybridized carbons (Fsp3) is 0.571. The van der Waals surface area contributed by atoms with Gasteiger partial charge in [-0.05, 0) is 37.8 Å². The number of hydrogen-bond acceptors (Lipinski definition) is 2. The molecule has 0 aliphatic heterocycles. The van der Waals surface area contributed by atoms with Gasteiger partial charge in [-0.25, -0.2) is 0 Å². The maximum absolute atomic E-state index is 9.11. The molecule has 0 amide bonds. The first-order chi connectivity index (χ1) is 7.49. The Morgan fingerprint density at radius 1 is 1.25 bits per heavy atom. The van der Waals surface area contributed by atoms with E-state index in [9.17, 15) is 0 Å². The van der Waals surface area contributed by atoms with E-state index in [1.165, 1.54) is 11.1 Å². The first kappa shape index (κ1) is 13.2. The molecule has 1 atom stereocenters. The van der Waals surface area contributed by atoms with E-state index in [0.717, 1.165) is 12.8 Å². The van der Waals surface area contributed by atoms with Crippen molar-refractivity contribution >= 4 is 0 Å². The van der Waals surface area contributed by atoms with Gasteiger partial charge in [-0.1, -0.05) is 31.2 Å². The summed E-state index contributed by atoms with van der Waals surface area (Å²) in [6.07, 6.45) is 1.77. The number of hydrogen-bond donors (Lipinski definition) is 2. The van der Waals surface area contributed by atoms with Crippen LogP contribution in [0.3, 0.4) is 0 Å². The molecule has 90 valence electrons. The van der Waals surface area contributed by atoms with Gasteiger partial charge in [0.1, 0.15) is 0 Å². The van der Waals surface area contributed by atoms with Crippen LogP contribution in [0, 0.1) is 0 Å². The minimum atomic E-state index is -0.295. The van der Waals surface area contributed by atoms with E-state index in [1.807, 2.05) is 13.8 Å². The monoisotopic (exact) mass is 221 g/mol. The second-order valence-electron chi connectivity index (χ2n) is 4.98. The fourth-order valence-electron chi connectivity index (χ4n) is 2.08. The zero-order valence-electron chi connectivity index (χ0n) is 10.5. The van der Waals surface area contributed by atoms with Crippen LogP contribution in [0.25, 0.3) is 0 Å². The number of aryl methyl sites for hydroxylation is 1. The van der Waals surface area contributed by atoms with Crippen molar-refractivity contribution in [1.29, 1.82) is 0 Å². The molecule has 1 aromatic carbocycles. The molecule has 0 saturated carbocycles. The average molecular weight is 221 g/mol. The largest absolute Gasteiger partial charge is 0.396 e. The molecule has 0 bridgehead atoms. The van der Waals surface area contributed by atoms with Crippen molar-refractivity contribution in [3.05, 3.63) is 35.4 Å². The molecule has 0 spiro atoms. The zero-order valence-corrected chi connectivity index (χ0v) is 10.5. The van der Waals surface area contributed by atoms with Crippen LogP contribution in [0.15, 0.2) is 24.3 Å². The molecule has 2 heteroatoms. The Bertz CT molecular complexity index is 311. The smallest absolute Gasteiger partial charge is 0.0437 e. The van der Waals surface area contributed by atoms with E-state index in [4.69, 9.17) is 10.8 Å². The second kappa shape index (κ2) is 5.46. The molecule has 0 heterocycles. The molecule has 1 rings (SSSR count). The third-order valence-electron chi connectivity index (χ3n) is 3.11. The Hall–Kier alpha value is -0.860. The Morgan fingerprint density at radius 3 is 2.19 bits per heavy atom. The van der Waals surface area contributed by atoms with Gasteiger partial charge in [0.05, 0.1) is 0 Å². The highest BCUT2D eigenvalue weighted by Gasteiger charge is 2.25. The predicted octanol–water partition coefficient (Wildman–Crippen LogP) is 2.45. The lowest BCUT2D eigenvalue weighted by Gasteiger charge is -2.30. The summed E-state index contributed by atoms with van der Waals surface area (Å²) in [5.41, 5.74) is 8.42. The second-order valence-corrected chi connectivity index (χ2v) is 4.98. The first-order valence-corrected chi connectivity index (χ1v) is 5.97. The van der Waals surface area contributed by atoms with E-state index >= 15 is 0 Å². The van der Waals surface area contributed by atoms with Crippen molar-refractivity contribution in [1.82, 2.24) is 0 Å². The highest BCUT2D eigenvalue weighted by molar-refractivity contribution is 5.27. The lowest BCUT2D eigenvalue weighted by Crippen LogP contribution is -2.39. The lowest BCUT2D eigenvalue weighted by atomic mass is 9.80. The average Bonchev–Trinajstić information content (AvgIpc) is 2.25. The van der Waals surface area contributed by atoms with Crippen molar-refractivity contribution in [2.24, 2.45) is 5.73 Å². The van der Waals surface area contributed by atoms with Crippen molar-refractivity contribution < 1.29 is 5.11 Å². The van der Waals surface area contributed by atoms with Crippen LogP contribution in [0.5, 0.6) is 0 Å². The van der Waals surface area contributed by atoms with E-state index in [-0.39, 0.29) is 18.1 Å². The van der Waals surface area contributed by atoms with Crippen LogP contribution >= 0.6 is 0 Å². The van der Waals surface area contributed by atoms with Crippen molar-refractivity contribution in [3.63, 3.8) is 0 Å². The van der Waals surface area contributed by atoms with E-state index in [1.54, 1.807) is 0 Å². The molecule has 1 unspecified atom stereocenters. The summed E-state index contributed by atoms with van der Waals surface area (Å²) in [5, 5.41) is 9.11. The first-order valence-electron chi connectivity index (χ1n) is 5.97. The SMILES string of the molecule is CCc1ccc(C(CCO)C(C)(C)N)cc1. The maximum atomic E-state index is 9.11. The molecule has 0 aliphatic carbocycles. The van der Waals surface area contributed by atoms with Crippen LogP contribution in [-0.2, 0) is 6.42 Å². The Morgan fingerprint density at radius 2 is 1.81 bits per heavy atom. The zero-order chi connectivity index (χ0) is 12.2. The lowest BCUT2D eigenvalue weighted by molar-refractivity contribution is 0.250. The Balaban J connectivity index is 2.93. The highest BCUT2D eigenvalue weighted by atomic mass is 16.3. The minimum Gasteiger partial charge on any atom is -0.396 e. The summed E-state index contributed by atoms with van der Waals surface area (Å²) in [6.45, 7) is 6.36. The molecule has 0 aliphatic rings. The van der Waals surface area contributed by atoms with Crippen LogP contribution in [0.4, 0.5) is 0 Å². The van der Waals surface area contributed by atoms with Crippen LogP contribution < -0.4 is 5.73 Å². The van der Waals surface area contributed by atoms with Gasteiger partial charge in [0.2, 0.25) is 0 Å². The number of nitrogens with two attached hydrogens (primary N) is 1. The summed E-state index contributed by atoms with van der Waals surface area (Å²) >= 11 is 0. The maximum Gasteiger partial charge on any atom is 0.0437 e. The molecule has 0 fully saturated rings. The molecular weight excluding hydrogens is 198 g/mol. The van der Waals surface area contributed by atoms with Gasteiger partial charge in [-0.15, -0.1) is 0 Å². The van der Waals surface area contributed by atoms with Gasteiger partial charge >= 0.3 is 0 Å². The number of aliphatic hydroxyl groups is 1. The Labute approximate surface area is 98.5 Å². The fourth-order valence-corrected chi connectivity index (χ4v) is 2.08. The third kappa shape index (κ3) is 3.32. The van der Waals surface area contributed by atoms with Gasteiger partial charge in [-0.2, -0.15) is 0 Å². The van der Waals surface area contributed by atoms with Crippen molar-refractivity contribution in [2.45, 2.75) is 45.1 Å². The molecule has 0 radical (unpaired) electrons.